The third kappa shape index (κ3) is 4.54. The second kappa shape index (κ2) is 9.85. The number of fused-ring (bicyclic) bond motifs is 1. The molecule has 0 saturated heterocycles. The number of nitrogens with zero attached hydrogens (tertiary/aromatic N) is 4. The topological polar surface area (TPSA) is 50.5 Å². The Morgan fingerprint density at radius 3 is 2.38 bits per heavy atom. The summed E-state index contributed by atoms with van der Waals surface area (Å²) in [7, 11) is 0. The number of hydrogen-bond donors (Lipinski definition) is 0. The molecule has 0 spiro atoms. The van der Waals surface area contributed by atoms with Gasteiger partial charge >= 0.3 is 0 Å². The van der Waals surface area contributed by atoms with Gasteiger partial charge < -0.3 is 4.90 Å². The van der Waals surface area contributed by atoms with Crippen LogP contribution in [-0.4, -0.2) is 22.4 Å². The van der Waals surface area contributed by atoms with E-state index in [2.05, 4.69) is 58.3 Å². The van der Waals surface area contributed by atoms with E-state index in [1.54, 1.807) is 6.21 Å². The number of rotatable bonds is 7. The van der Waals surface area contributed by atoms with Crippen LogP contribution in [0.2, 0.25) is 0 Å². The minimum Gasteiger partial charge on any atom is -0.367 e. The van der Waals surface area contributed by atoms with Gasteiger partial charge in [0.25, 0.3) is 5.56 Å². The SMILES string of the molecule is CCN(Cc1ccccc1)c1ccc(C=Nn2cnc3scc(-c4ccccc4)c3c2=O)cc1. The molecule has 5 nitrogen and oxygen atoms in total. The summed E-state index contributed by atoms with van der Waals surface area (Å²) < 4.78 is 1.31. The van der Waals surface area contributed by atoms with Crippen molar-refractivity contribution in [3.8, 4) is 11.1 Å². The molecule has 5 rings (SSSR count). The zero-order valence-corrected chi connectivity index (χ0v) is 19.7. The zero-order valence-electron chi connectivity index (χ0n) is 18.8. The first-order valence-corrected chi connectivity index (χ1v) is 12.1. The highest BCUT2D eigenvalue weighted by Crippen LogP contribution is 2.30. The molecule has 0 saturated carbocycles. The van der Waals surface area contributed by atoms with Gasteiger partial charge in [-0.05, 0) is 35.7 Å². The van der Waals surface area contributed by atoms with Gasteiger partial charge in [-0.1, -0.05) is 72.8 Å². The quantitative estimate of drug-likeness (QED) is 0.276. The fourth-order valence-corrected chi connectivity index (χ4v) is 4.83. The van der Waals surface area contributed by atoms with E-state index >= 15 is 0 Å². The monoisotopic (exact) mass is 464 g/mol. The Kier molecular flexibility index (Phi) is 6.31. The summed E-state index contributed by atoms with van der Waals surface area (Å²) in [4.78, 5) is 20.7. The maximum Gasteiger partial charge on any atom is 0.283 e. The van der Waals surface area contributed by atoms with E-state index in [0.717, 1.165) is 40.3 Å². The highest BCUT2D eigenvalue weighted by molar-refractivity contribution is 7.17. The molecule has 0 fully saturated rings. The van der Waals surface area contributed by atoms with Gasteiger partial charge in [0.1, 0.15) is 11.2 Å². The van der Waals surface area contributed by atoms with Crippen molar-refractivity contribution >= 4 is 33.5 Å². The molecule has 34 heavy (non-hydrogen) atoms. The van der Waals surface area contributed by atoms with Crippen molar-refractivity contribution in [3.05, 3.63) is 118 Å². The van der Waals surface area contributed by atoms with Crippen LogP contribution in [0.3, 0.4) is 0 Å². The van der Waals surface area contributed by atoms with Gasteiger partial charge in [0, 0.05) is 29.7 Å². The normalized spacial score (nSPS) is 11.3. The first kappa shape index (κ1) is 21.8. The molecule has 0 aliphatic heterocycles. The predicted molar refractivity (Wildman–Crippen MR) is 142 cm³/mol. The molecule has 0 aliphatic rings. The van der Waals surface area contributed by atoms with E-state index < -0.39 is 0 Å². The number of anilines is 1. The second-order valence-electron chi connectivity index (χ2n) is 7.93. The summed E-state index contributed by atoms with van der Waals surface area (Å²) in [5, 5.41) is 7.00. The Bertz CT molecular complexity index is 1470. The molecule has 5 aromatic rings. The maximum atomic E-state index is 13.2. The molecule has 0 aliphatic carbocycles. The summed E-state index contributed by atoms with van der Waals surface area (Å²) in [6.07, 6.45) is 3.18. The van der Waals surface area contributed by atoms with Crippen LogP contribution >= 0.6 is 11.3 Å². The van der Waals surface area contributed by atoms with Crippen LogP contribution in [0.4, 0.5) is 5.69 Å². The first-order valence-electron chi connectivity index (χ1n) is 11.2. The van der Waals surface area contributed by atoms with Crippen molar-refractivity contribution in [2.75, 3.05) is 11.4 Å². The molecule has 0 atom stereocenters. The second-order valence-corrected chi connectivity index (χ2v) is 8.78. The zero-order chi connectivity index (χ0) is 23.3. The van der Waals surface area contributed by atoms with Crippen LogP contribution in [0, 0.1) is 0 Å². The molecular weight excluding hydrogens is 440 g/mol. The van der Waals surface area contributed by atoms with Crippen molar-refractivity contribution in [2.45, 2.75) is 13.5 Å². The Hall–Kier alpha value is -4.03. The fraction of sp³-hybridized carbons (Fsp3) is 0.107. The van der Waals surface area contributed by atoms with Gasteiger partial charge in [-0.15, -0.1) is 11.3 Å². The molecular formula is C28H24N4OS. The first-order chi connectivity index (χ1) is 16.7. The molecule has 6 heteroatoms. The lowest BCUT2D eigenvalue weighted by atomic mass is 10.1. The van der Waals surface area contributed by atoms with E-state index in [4.69, 9.17) is 0 Å². The molecule has 0 amide bonds. The Balaban J connectivity index is 1.38. The highest BCUT2D eigenvalue weighted by Gasteiger charge is 2.13. The smallest absolute Gasteiger partial charge is 0.283 e. The largest absolute Gasteiger partial charge is 0.367 e. The standard InChI is InChI=1S/C28H24N4OS/c1-2-31(18-22-9-5-3-6-10-22)24-15-13-21(14-16-24)17-30-32-20-29-27-26(28(32)33)25(19-34-27)23-11-7-4-8-12-23/h3-17,19-20H,2,18H2,1H3. The van der Waals surface area contributed by atoms with Crippen molar-refractivity contribution in [1.82, 2.24) is 9.66 Å². The molecule has 0 bridgehead atoms. The van der Waals surface area contributed by atoms with Crippen molar-refractivity contribution in [3.63, 3.8) is 0 Å². The minimum absolute atomic E-state index is 0.169. The number of benzene rings is 3. The summed E-state index contributed by atoms with van der Waals surface area (Å²) in [5.74, 6) is 0. The molecule has 3 aromatic carbocycles. The lowest BCUT2D eigenvalue weighted by Gasteiger charge is -2.23. The van der Waals surface area contributed by atoms with Crippen molar-refractivity contribution in [1.29, 1.82) is 0 Å². The van der Waals surface area contributed by atoms with Gasteiger partial charge in [0.2, 0.25) is 0 Å². The van der Waals surface area contributed by atoms with Crippen LogP contribution in [0.1, 0.15) is 18.1 Å². The van der Waals surface area contributed by atoms with E-state index in [1.807, 2.05) is 53.9 Å². The summed E-state index contributed by atoms with van der Waals surface area (Å²) >= 11 is 1.47. The third-order valence-corrected chi connectivity index (χ3v) is 6.64. The van der Waals surface area contributed by atoms with Gasteiger partial charge in [0.05, 0.1) is 11.6 Å². The van der Waals surface area contributed by atoms with Crippen LogP contribution in [0.5, 0.6) is 0 Å². The number of hydrogen-bond acceptors (Lipinski definition) is 5. The van der Waals surface area contributed by atoms with Gasteiger partial charge in [0.15, 0.2) is 0 Å². The maximum absolute atomic E-state index is 13.2. The molecule has 0 radical (unpaired) electrons. The Labute approximate surface area is 202 Å². The Morgan fingerprint density at radius 2 is 1.68 bits per heavy atom. The molecule has 0 N–H and O–H groups in total. The lowest BCUT2D eigenvalue weighted by Crippen LogP contribution is -2.21. The summed E-state index contributed by atoms with van der Waals surface area (Å²) in [6.45, 7) is 3.92. The van der Waals surface area contributed by atoms with E-state index in [1.165, 1.54) is 27.9 Å². The number of thiophene rings is 1. The fourth-order valence-electron chi connectivity index (χ4n) is 3.93. The summed E-state index contributed by atoms with van der Waals surface area (Å²) in [5.41, 5.74) is 5.07. The van der Waals surface area contributed by atoms with Crippen LogP contribution in [0.15, 0.2) is 107 Å². The predicted octanol–water partition coefficient (Wildman–Crippen LogP) is 6.03. The average molecular weight is 465 g/mol. The number of aromatic nitrogens is 2. The lowest BCUT2D eigenvalue weighted by molar-refractivity contribution is 0.818. The van der Waals surface area contributed by atoms with Gasteiger partial charge in [-0.3, -0.25) is 4.79 Å². The van der Waals surface area contributed by atoms with Crippen LogP contribution in [0.25, 0.3) is 21.3 Å². The van der Waals surface area contributed by atoms with E-state index in [9.17, 15) is 4.79 Å². The molecule has 0 unspecified atom stereocenters. The van der Waals surface area contributed by atoms with E-state index in [0.29, 0.717) is 5.39 Å². The average Bonchev–Trinajstić information content (AvgIpc) is 3.33. The van der Waals surface area contributed by atoms with Crippen LogP contribution < -0.4 is 10.5 Å². The molecule has 2 heterocycles. The summed E-state index contributed by atoms with van der Waals surface area (Å²) in [6, 6.07) is 28.6. The Morgan fingerprint density at radius 1 is 0.971 bits per heavy atom. The highest BCUT2D eigenvalue weighted by atomic mass is 32.1. The molecule has 2 aromatic heterocycles. The van der Waals surface area contributed by atoms with E-state index in [-0.39, 0.29) is 5.56 Å². The van der Waals surface area contributed by atoms with Gasteiger partial charge in [-0.2, -0.15) is 9.78 Å². The molecule has 168 valence electrons. The van der Waals surface area contributed by atoms with Crippen molar-refractivity contribution < 1.29 is 0 Å². The van der Waals surface area contributed by atoms with Crippen molar-refractivity contribution in [2.24, 2.45) is 5.10 Å². The third-order valence-electron chi connectivity index (χ3n) is 5.75. The minimum atomic E-state index is -0.169. The van der Waals surface area contributed by atoms with Gasteiger partial charge in [-0.25, -0.2) is 4.98 Å². The van der Waals surface area contributed by atoms with Crippen LogP contribution in [-0.2, 0) is 6.54 Å².